The normalized spacial score (nSPS) is 14.0. The van der Waals surface area contributed by atoms with Crippen molar-refractivity contribution in [3.8, 4) is 0 Å². The molecule has 0 bridgehead atoms. The molecule has 1 aliphatic rings. The van der Waals surface area contributed by atoms with E-state index < -0.39 is 5.91 Å². The van der Waals surface area contributed by atoms with E-state index in [-0.39, 0.29) is 5.91 Å². The largest absolute Gasteiger partial charge is 0.365 e. The molecule has 0 saturated heterocycles. The maximum atomic E-state index is 12.5. The zero-order valence-electron chi connectivity index (χ0n) is 15.7. The maximum absolute atomic E-state index is 12.5. The highest BCUT2D eigenvalue weighted by atomic mass is 32.1. The Morgan fingerprint density at radius 1 is 1.24 bits per heavy atom. The standard InChI is InChI=1S/C19H31N3O2S/c1-4-5-8-11-22(13(2)3)12-16(23)21-19-17(18(20)24)14-9-6-7-10-15(14)25-19/h13H,4-12H2,1-3H3,(H2,20,24)(H,21,23). The molecule has 1 heterocycles. The molecule has 2 rings (SSSR count). The van der Waals surface area contributed by atoms with Gasteiger partial charge in [0.25, 0.3) is 5.91 Å². The number of carbonyl (C=O) groups excluding carboxylic acids is 2. The fraction of sp³-hybridized carbons (Fsp3) is 0.684. The average Bonchev–Trinajstić information content (AvgIpc) is 2.91. The van der Waals surface area contributed by atoms with Gasteiger partial charge in [0, 0.05) is 10.9 Å². The number of anilines is 1. The Kier molecular flexibility index (Phi) is 7.44. The monoisotopic (exact) mass is 365 g/mol. The number of hydrogen-bond donors (Lipinski definition) is 2. The van der Waals surface area contributed by atoms with E-state index in [2.05, 4.69) is 31.0 Å². The predicted octanol–water partition coefficient (Wildman–Crippen LogP) is 3.56. The van der Waals surface area contributed by atoms with Gasteiger partial charge >= 0.3 is 0 Å². The molecule has 1 aliphatic carbocycles. The lowest BCUT2D eigenvalue weighted by molar-refractivity contribution is -0.117. The van der Waals surface area contributed by atoms with Gasteiger partial charge in [-0.15, -0.1) is 11.3 Å². The summed E-state index contributed by atoms with van der Waals surface area (Å²) in [5.41, 5.74) is 7.19. The van der Waals surface area contributed by atoms with E-state index in [0.29, 0.717) is 23.2 Å². The zero-order chi connectivity index (χ0) is 18.4. The second-order valence-electron chi connectivity index (χ2n) is 7.10. The third-order valence-electron chi connectivity index (χ3n) is 4.80. The molecular weight excluding hydrogens is 334 g/mol. The number of primary amides is 1. The Morgan fingerprint density at radius 3 is 2.60 bits per heavy atom. The number of nitrogens with zero attached hydrogens (tertiary/aromatic N) is 1. The van der Waals surface area contributed by atoms with E-state index in [0.717, 1.165) is 44.2 Å². The van der Waals surface area contributed by atoms with Gasteiger partial charge in [-0.1, -0.05) is 19.8 Å². The van der Waals surface area contributed by atoms with Crippen LogP contribution in [0.2, 0.25) is 0 Å². The van der Waals surface area contributed by atoms with Crippen molar-refractivity contribution in [2.75, 3.05) is 18.4 Å². The molecule has 5 nitrogen and oxygen atoms in total. The molecule has 1 aromatic rings. The van der Waals surface area contributed by atoms with Crippen LogP contribution in [0.3, 0.4) is 0 Å². The summed E-state index contributed by atoms with van der Waals surface area (Å²) in [5.74, 6) is -0.496. The van der Waals surface area contributed by atoms with E-state index in [4.69, 9.17) is 5.73 Å². The van der Waals surface area contributed by atoms with Crippen LogP contribution in [-0.2, 0) is 17.6 Å². The third kappa shape index (κ3) is 5.28. The first-order chi connectivity index (χ1) is 11.9. The highest BCUT2D eigenvalue weighted by Gasteiger charge is 2.25. The Bertz CT molecular complexity index is 610. The van der Waals surface area contributed by atoms with E-state index >= 15 is 0 Å². The summed E-state index contributed by atoms with van der Waals surface area (Å²) in [5, 5.41) is 3.60. The minimum Gasteiger partial charge on any atom is -0.365 e. The number of nitrogens with one attached hydrogen (secondary N) is 1. The van der Waals surface area contributed by atoms with Gasteiger partial charge in [-0.05, 0) is 58.1 Å². The average molecular weight is 366 g/mol. The topological polar surface area (TPSA) is 75.4 Å². The van der Waals surface area contributed by atoms with Crippen molar-refractivity contribution in [2.24, 2.45) is 5.73 Å². The van der Waals surface area contributed by atoms with E-state index in [1.165, 1.54) is 29.1 Å². The van der Waals surface area contributed by atoms with Gasteiger partial charge in [-0.3, -0.25) is 14.5 Å². The number of amides is 2. The third-order valence-corrected chi connectivity index (χ3v) is 6.00. The molecule has 25 heavy (non-hydrogen) atoms. The first kappa shape index (κ1) is 19.9. The Morgan fingerprint density at radius 2 is 1.96 bits per heavy atom. The molecule has 3 N–H and O–H groups in total. The number of thiophene rings is 1. The minimum atomic E-state index is -0.432. The molecule has 0 aliphatic heterocycles. The van der Waals surface area contributed by atoms with Crippen molar-refractivity contribution in [1.29, 1.82) is 0 Å². The molecule has 2 amide bonds. The van der Waals surface area contributed by atoms with Crippen LogP contribution < -0.4 is 11.1 Å². The van der Waals surface area contributed by atoms with Crippen molar-refractivity contribution >= 4 is 28.2 Å². The fourth-order valence-corrected chi connectivity index (χ4v) is 4.66. The van der Waals surface area contributed by atoms with Crippen molar-refractivity contribution in [3.05, 3.63) is 16.0 Å². The number of hydrogen-bond acceptors (Lipinski definition) is 4. The summed E-state index contributed by atoms with van der Waals surface area (Å²) in [6.07, 6.45) is 7.52. The summed E-state index contributed by atoms with van der Waals surface area (Å²) in [6.45, 7) is 7.66. The molecule has 1 aromatic heterocycles. The zero-order valence-corrected chi connectivity index (χ0v) is 16.5. The smallest absolute Gasteiger partial charge is 0.251 e. The van der Waals surface area contributed by atoms with Gasteiger partial charge in [-0.25, -0.2) is 0 Å². The lowest BCUT2D eigenvalue weighted by Crippen LogP contribution is -2.38. The second kappa shape index (κ2) is 9.34. The molecule has 0 fully saturated rings. The fourth-order valence-electron chi connectivity index (χ4n) is 3.35. The number of carbonyl (C=O) groups is 2. The van der Waals surface area contributed by atoms with Crippen LogP contribution in [0.15, 0.2) is 0 Å². The van der Waals surface area contributed by atoms with Gasteiger partial charge in [0.2, 0.25) is 5.91 Å². The summed E-state index contributed by atoms with van der Waals surface area (Å²) >= 11 is 1.52. The van der Waals surface area contributed by atoms with Crippen LogP contribution >= 0.6 is 11.3 Å². The van der Waals surface area contributed by atoms with Gasteiger partial charge in [-0.2, -0.15) is 0 Å². The van der Waals surface area contributed by atoms with Crippen LogP contribution in [0.25, 0.3) is 0 Å². The molecule has 0 aromatic carbocycles. The molecule has 0 radical (unpaired) electrons. The molecular formula is C19H31N3O2S. The van der Waals surface area contributed by atoms with Crippen molar-refractivity contribution in [2.45, 2.75) is 71.8 Å². The van der Waals surface area contributed by atoms with Gasteiger partial charge in [0.1, 0.15) is 5.00 Å². The first-order valence-electron chi connectivity index (χ1n) is 9.42. The van der Waals surface area contributed by atoms with Crippen LogP contribution in [0.1, 0.15) is 73.7 Å². The Labute approximate surface area is 155 Å². The summed E-state index contributed by atoms with van der Waals surface area (Å²) in [6, 6.07) is 0.315. The van der Waals surface area contributed by atoms with Crippen LogP contribution in [-0.4, -0.2) is 35.8 Å². The number of nitrogens with two attached hydrogens (primary N) is 1. The van der Waals surface area contributed by atoms with Crippen LogP contribution in [0.4, 0.5) is 5.00 Å². The van der Waals surface area contributed by atoms with Crippen LogP contribution in [0, 0.1) is 0 Å². The predicted molar refractivity (Wildman–Crippen MR) is 104 cm³/mol. The van der Waals surface area contributed by atoms with E-state index in [1.807, 2.05) is 0 Å². The van der Waals surface area contributed by atoms with Gasteiger partial charge in [0.05, 0.1) is 12.1 Å². The first-order valence-corrected chi connectivity index (χ1v) is 10.2. The molecule has 0 spiro atoms. The maximum Gasteiger partial charge on any atom is 0.251 e. The minimum absolute atomic E-state index is 0.0636. The molecule has 0 unspecified atom stereocenters. The van der Waals surface area contributed by atoms with Crippen molar-refractivity contribution in [3.63, 3.8) is 0 Å². The Balaban J connectivity index is 2.06. The summed E-state index contributed by atoms with van der Waals surface area (Å²) in [4.78, 5) is 27.8. The summed E-state index contributed by atoms with van der Waals surface area (Å²) in [7, 11) is 0. The highest BCUT2D eigenvalue weighted by Crippen LogP contribution is 2.37. The molecule has 140 valence electrons. The second-order valence-corrected chi connectivity index (χ2v) is 8.20. The van der Waals surface area contributed by atoms with Gasteiger partial charge < -0.3 is 11.1 Å². The summed E-state index contributed by atoms with van der Waals surface area (Å²) < 4.78 is 0. The number of rotatable bonds is 9. The Hall–Kier alpha value is -1.40. The molecule has 6 heteroatoms. The van der Waals surface area contributed by atoms with E-state index in [9.17, 15) is 9.59 Å². The molecule has 0 saturated carbocycles. The lowest BCUT2D eigenvalue weighted by Gasteiger charge is -2.25. The lowest BCUT2D eigenvalue weighted by atomic mass is 9.95. The van der Waals surface area contributed by atoms with Crippen molar-refractivity contribution < 1.29 is 9.59 Å². The number of aryl methyl sites for hydroxylation is 1. The van der Waals surface area contributed by atoms with Gasteiger partial charge in [0.15, 0.2) is 0 Å². The number of fused-ring (bicyclic) bond motifs is 1. The quantitative estimate of drug-likeness (QED) is 0.657. The van der Waals surface area contributed by atoms with Crippen LogP contribution in [0.5, 0.6) is 0 Å². The van der Waals surface area contributed by atoms with E-state index in [1.54, 1.807) is 0 Å². The van der Waals surface area contributed by atoms with Crippen molar-refractivity contribution in [1.82, 2.24) is 4.90 Å². The highest BCUT2D eigenvalue weighted by molar-refractivity contribution is 7.17. The number of unbranched alkanes of at least 4 members (excludes halogenated alkanes) is 2. The SMILES string of the molecule is CCCCCN(CC(=O)Nc1sc2c(c1C(N)=O)CCCC2)C(C)C. The molecule has 0 atom stereocenters.